The van der Waals surface area contributed by atoms with E-state index >= 15 is 0 Å². The third-order valence-corrected chi connectivity index (χ3v) is 9.19. The van der Waals surface area contributed by atoms with Gasteiger partial charge in [0.1, 0.15) is 12.2 Å². The molecule has 0 aromatic rings. The predicted molar refractivity (Wildman–Crippen MR) is 166 cm³/mol. The summed E-state index contributed by atoms with van der Waals surface area (Å²) in [6, 6.07) is -0.594. The molecule has 1 saturated heterocycles. The molecule has 2 fully saturated rings. The molecule has 0 bridgehead atoms. The van der Waals surface area contributed by atoms with E-state index in [0.29, 0.717) is 70.9 Å². The van der Waals surface area contributed by atoms with Crippen LogP contribution < -0.4 is 10.6 Å². The topological polar surface area (TPSA) is 224 Å². The lowest BCUT2D eigenvalue weighted by Crippen LogP contribution is -2.55. The molecule has 10 unspecified atom stereocenters. The van der Waals surface area contributed by atoms with E-state index in [2.05, 4.69) is 10.6 Å². The molecule has 268 valence electrons. The maximum Gasteiger partial charge on any atom is 0.220 e. The highest BCUT2D eigenvalue weighted by Gasteiger charge is 2.43. The minimum absolute atomic E-state index is 0.0724. The summed E-state index contributed by atoms with van der Waals surface area (Å²) in [6.45, 7) is 5.44. The molecule has 0 aromatic heterocycles. The van der Waals surface area contributed by atoms with Gasteiger partial charge in [0.05, 0.1) is 37.1 Å². The number of aliphatic hydroxyl groups excluding tert-OH is 6. The average Bonchev–Trinajstić information content (AvgIpc) is 3.03. The first kappa shape index (κ1) is 40.4. The molecule has 2 rings (SSSR count). The van der Waals surface area contributed by atoms with Crippen LogP contribution in [0.1, 0.15) is 85.0 Å². The largest absolute Gasteiger partial charge is 0.396 e. The number of carbonyl (C=O) groups excluding carboxylic acids is 3. The van der Waals surface area contributed by atoms with Crippen LogP contribution in [-0.2, 0) is 28.6 Å². The van der Waals surface area contributed by atoms with Crippen LogP contribution in [-0.4, -0.2) is 130 Å². The van der Waals surface area contributed by atoms with Crippen LogP contribution >= 0.6 is 0 Å². The van der Waals surface area contributed by atoms with Gasteiger partial charge in [-0.1, -0.05) is 13.8 Å². The molecule has 46 heavy (non-hydrogen) atoms. The molecule has 1 saturated carbocycles. The third-order valence-electron chi connectivity index (χ3n) is 9.19. The van der Waals surface area contributed by atoms with Crippen molar-refractivity contribution >= 4 is 17.6 Å². The fraction of sp³-hybridized carbons (Fsp3) is 0.906. The Labute approximate surface area is 272 Å². The van der Waals surface area contributed by atoms with Gasteiger partial charge in [-0.05, 0) is 58.3 Å². The lowest BCUT2D eigenvalue weighted by molar-refractivity contribution is -0.282. The molecule has 1 aliphatic heterocycles. The smallest absolute Gasteiger partial charge is 0.220 e. The normalized spacial score (nSPS) is 32.1. The number of ether oxygens (including phenoxy) is 3. The van der Waals surface area contributed by atoms with E-state index in [0.717, 1.165) is 0 Å². The van der Waals surface area contributed by atoms with Crippen molar-refractivity contribution in [3.63, 3.8) is 0 Å². The molecule has 0 radical (unpaired) electrons. The second-order valence-electron chi connectivity index (χ2n) is 12.9. The fourth-order valence-corrected chi connectivity index (χ4v) is 5.92. The van der Waals surface area contributed by atoms with Crippen molar-refractivity contribution in [1.82, 2.24) is 10.6 Å². The minimum atomic E-state index is -1.19. The molecule has 11 atom stereocenters. The lowest BCUT2D eigenvalue weighted by Gasteiger charge is -2.40. The fourth-order valence-electron chi connectivity index (χ4n) is 5.92. The van der Waals surface area contributed by atoms with Crippen molar-refractivity contribution in [2.75, 3.05) is 33.0 Å². The zero-order chi connectivity index (χ0) is 34.2. The van der Waals surface area contributed by atoms with Crippen molar-refractivity contribution in [3.05, 3.63) is 0 Å². The van der Waals surface area contributed by atoms with E-state index in [1.54, 1.807) is 6.92 Å². The quantitative estimate of drug-likeness (QED) is 0.0731. The van der Waals surface area contributed by atoms with Gasteiger partial charge >= 0.3 is 0 Å². The molecule has 1 heterocycles. The monoisotopic (exact) mass is 662 g/mol. The zero-order valence-electron chi connectivity index (χ0n) is 27.6. The minimum Gasteiger partial charge on any atom is -0.396 e. The number of aliphatic hydroxyl groups is 6. The molecule has 2 amide bonds. The maximum absolute atomic E-state index is 12.4. The highest BCUT2D eigenvalue weighted by Crippen LogP contribution is 2.32. The van der Waals surface area contributed by atoms with Gasteiger partial charge in [0.15, 0.2) is 12.1 Å². The first-order chi connectivity index (χ1) is 21.9. The summed E-state index contributed by atoms with van der Waals surface area (Å²) < 4.78 is 17.1. The number of unbranched alkanes of at least 4 members (excludes halogenated alkanes) is 3. The Balaban J connectivity index is 1.52. The van der Waals surface area contributed by atoms with Crippen LogP contribution in [0.2, 0.25) is 0 Å². The van der Waals surface area contributed by atoms with Gasteiger partial charge in [-0.2, -0.15) is 0 Å². The van der Waals surface area contributed by atoms with E-state index in [4.69, 9.17) is 14.2 Å². The lowest BCUT2D eigenvalue weighted by atomic mass is 9.77. The Morgan fingerprint density at radius 2 is 1.41 bits per heavy atom. The number of rotatable bonds is 21. The van der Waals surface area contributed by atoms with E-state index in [-0.39, 0.29) is 49.3 Å². The average molecular weight is 663 g/mol. The molecule has 1 aliphatic carbocycles. The predicted octanol–water partition coefficient (Wildman–Crippen LogP) is -0.466. The standard InChI is InChI=1S/C32H58N2O12/c1-19-24(16-22(17-35)30(42)28(19)40)44-14-8-5-11-26(38)33-13-7-4-10-23(21(3)37)34-27(39)12-6-9-15-45-32-20(2)29(41)31(43)25(18-36)46-32/h19-20,22-25,28-32,35-36,40-43H,4-18H2,1-3H3,(H,33,38)(H,34,39)/t19?,20?,22?,23-,24?,25?,28?,29?,30?,31?,32?/m0/s1. The van der Waals surface area contributed by atoms with E-state index in [9.17, 15) is 45.0 Å². The van der Waals surface area contributed by atoms with Crippen LogP contribution in [0.4, 0.5) is 0 Å². The second-order valence-corrected chi connectivity index (χ2v) is 12.9. The van der Waals surface area contributed by atoms with E-state index in [1.807, 2.05) is 6.92 Å². The summed E-state index contributed by atoms with van der Waals surface area (Å²) in [5.41, 5.74) is 0. The maximum atomic E-state index is 12.4. The van der Waals surface area contributed by atoms with E-state index in [1.165, 1.54) is 6.92 Å². The molecule has 8 N–H and O–H groups in total. The number of Topliss-reactive ketones (excluding diaryl/α,β-unsaturated/α-hetero) is 1. The Bertz CT molecular complexity index is 906. The SMILES string of the molecule is CC(=O)[C@H](CCCCNC(=O)CCCCOC1CC(CO)C(O)C(O)C1C)NC(=O)CCCCOC1OC(CO)C(O)C(O)C1C. The van der Waals surface area contributed by atoms with Gasteiger partial charge in [0.2, 0.25) is 11.8 Å². The third kappa shape index (κ3) is 13.0. The molecule has 2 aliphatic rings. The highest BCUT2D eigenvalue weighted by molar-refractivity contribution is 5.87. The second kappa shape index (κ2) is 21.3. The van der Waals surface area contributed by atoms with Crippen LogP contribution in [0.15, 0.2) is 0 Å². The Hall–Kier alpha value is -1.75. The first-order valence-corrected chi connectivity index (χ1v) is 16.8. The van der Waals surface area contributed by atoms with Gasteiger partial charge in [0.25, 0.3) is 0 Å². The number of hydrogen-bond donors (Lipinski definition) is 8. The first-order valence-electron chi connectivity index (χ1n) is 16.8. The van der Waals surface area contributed by atoms with Gasteiger partial charge < -0.3 is 55.5 Å². The number of nitrogens with one attached hydrogen (secondary N) is 2. The van der Waals surface area contributed by atoms with Crippen LogP contribution in [0.5, 0.6) is 0 Å². The highest BCUT2D eigenvalue weighted by atomic mass is 16.7. The van der Waals surface area contributed by atoms with Crippen molar-refractivity contribution in [2.24, 2.45) is 17.8 Å². The number of amides is 2. The summed E-state index contributed by atoms with van der Waals surface area (Å²) >= 11 is 0. The van der Waals surface area contributed by atoms with Crippen LogP contribution in [0.25, 0.3) is 0 Å². The van der Waals surface area contributed by atoms with Crippen molar-refractivity contribution in [1.29, 1.82) is 0 Å². The Kier molecular flexibility index (Phi) is 18.7. The zero-order valence-corrected chi connectivity index (χ0v) is 27.6. The van der Waals surface area contributed by atoms with Gasteiger partial charge in [-0.3, -0.25) is 14.4 Å². The van der Waals surface area contributed by atoms with Crippen molar-refractivity contribution < 1.29 is 59.2 Å². The number of hydrogen-bond acceptors (Lipinski definition) is 12. The number of ketones is 1. The van der Waals surface area contributed by atoms with E-state index < -0.39 is 61.3 Å². The molecule has 0 aromatic carbocycles. The summed E-state index contributed by atoms with van der Waals surface area (Å²) in [5, 5.41) is 64.6. The van der Waals surface area contributed by atoms with Crippen molar-refractivity contribution in [3.8, 4) is 0 Å². The number of carbonyl (C=O) groups is 3. The molecule has 14 nitrogen and oxygen atoms in total. The van der Waals surface area contributed by atoms with Gasteiger partial charge in [0, 0.05) is 57.0 Å². The molecule has 0 spiro atoms. The summed E-state index contributed by atoms with van der Waals surface area (Å²) in [5.74, 6) is -1.58. The van der Waals surface area contributed by atoms with Crippen LogP contribution in [0.3, 0.4) is 0 Å². The van der Waals surface area contributed by atoms with Gasteiger partial charge in [-0.25, -0.2) is 0 Å². The summed E-state index contributed by atoms with van der Waals surface area (Å²) in [6.07, 6.45) is -0.939. The summed E-state index contributed by atoms with van der Waals surface area (Å²) in [7, 11) is 0. The van der Waals surface area contributed by atoms with Crippen LogP contribution in [0, 0.1) is 17.8 Å². The molecular weight excluding hydrogens is 604 g/mol. The Morgan fingerprint density at radius 3 is 2.04 bits per heavy atom. The summed E-state index contributed by atoms with van der Waals surface area (Å²) in [4.78, 5) is 36.7. The Morgan fingerprint density at radius 1 is 0.783 bits per heavy atom. The molecule has 14 heteroatoms. The molecular formula is C32H58N2O12. The van der Waals surface area contributed by atoms with Gasteiger partial charge in [-0.15, -0.1) is 0 Å². The van der Waals surface area contributed by atoms with Crippen molar-refractivity contribution in [2.45, 2.75) is 134 Å².